The van der Waals surface area contributed by atoms with Gasteiger partial charge in [-0.05, 0) is 23.8 Å². The van der Waals surface area contributed by atoms with Crippen LogP contribution < -0.4 is 0 Å². The summed E-state index contributed by atoms with van der Waals surface area (Å²) < 4.78 is 1.87. The van der Waals surface area contributed by atoms with Gasteiger partial charge in [0.25, 0.3) is 0 Å². The summed E-state index contributed by atoms with van der Waals surface area (Å²) in [5.74, 6) is 0. The lowest BCUT2D eigenvalue weighted by atomic mass is 10.3. The molecule has 1 heterocycles. The summed E-state index contributed by atoms with van der Waals surface area (Å²) in [6.45, 7) is 0. The minimum Gasteiger partial charge on any atom is -0.128 e. The molecule has 0 saturated heterocycles. The highest BCUT2D eigenvalue weighted by atomic mass is 35.5. The number of halogens is 2. The van der Waals surface area contributed by atoms with Gasteiger partial charge in [0, 0.05) is 4.90 Å². The van der Waals surface area contributed by atoms with Gasteiger partial charge in [0.2, 0.25) is 0 Å². The van der Waals surface area contributed by atoms with Crippen LogP contribution in [0, 0.1) is 0 Å². The van der Waals surface area contributed by atoms with Gasteiger partial charge < -0.3 is 0 Å². The molecule has 1 aromatic heterocycles. The first kappa shape index (κ1) is 9.66. The Labute approximate surface area is 94.8 Å². The Morgan fingerprint density at radius 2 is 2.08 bits per heavy atom. The van der Waals surface area contributed by atoms with Crippen molar-refractivity contribution in [3.63, 3.8) is 0 Å². The lowest BCUT2D eigenvalue weighted by Crippen LogP contribution is -1.72. The van der Waals surface area contributed by atoms with Crippen molar-refractivity contribution >= 4 is 56.4 Å². The predicted molar refractivity (Wildman–Crippen MR) is 63.6 cm³/mol. The molecule has 0 atom stereocenters. The summed E-state index contributed by atoms with van der Waals surface area (Å²) in [5, 5.41) is 1.94. The van der Waals surface area contributed by atoms with E-state index in [4.69, 9.17) is 23.2 Å². The third-order valence-corrected chi connectivity index (χ3v) is 4.47. The minimum atomic E-state index is 0.787. The first-order chi connectivity index (χ1) is 6.22. The molecule has 0 N–H and O–H groups in total. The van der Waals surface area contributed by atoms with Crippen LogP contribution in [0.15, 0.2) is 23.1 Å². The molecule has 0 nitrogen and oxygen atoms in total. The van der Waals surface area contributed by atoms with Crippen molar-refractivity contribution in [1.29, 1.82) is 0 Å². The van der Waals surface area contributed by atoms with Crippen molar-refractivity contribution in [2.45, 2.75) is 4.90 Å². The fourth-order valence-electron chi connectivity index (χ4n) is 1.18. The van der Waals surface area contributed by atoms with Gasteiger partial charge in [0.15, 0.2) is 0 Å². The van der Waals surface area contributed by atoms with Gasteiger partial charge in [0.1, 0.15) is 0 Å². The monoisotopic (exact) mass is 248 g/mol. The Kier molecular flexibility index (Phi) is 2.75. The molecule has 2 rings (SSSR count). The van der Waals surface area contributed by atoms with Crippen LogP contribution in [0.2, 0.25) is 9.36 Å². The number of hydrogen-bond acceptors (Lipinski definition) is 2. The third kappa shape index (κ3) is 1.68. The molecule has 13 heavy (non-hydrogen) atoms. The Hall–Kier alpha value is 0.110. The average molecular weight is 249 g/mol. The molecule has 0 radical (unpaired) electrons. The lowest BCUT2D eigenvalue weighted by Gasteiger charge is -1.99. The van der Waals surface area contributed by atoms with Crippen molar-refractivity contribution in [2.24, 2.45) is 0 Å². The summed E-state index contributed by atoms with van der Waals surface area (Å²) in [6, 6.07) is 6.02. The molecule has 2 aromatic rings. The fourth-order valence-corrected chi connectivity index (χ4v) is 3.42. The van der Waals surface area contributed by atoms with Gasteiger partial charge in [-0.25, -0.2) is 0 Å². The van der Waals surface area contributed by atoms with E-state index in [1.165, 1.54) is 11.3 Å². The zero-order valence-corrected chi connectivity index (χ0v) is 9.95. The lowest BCUT2D eigenvalue weighted by molar-refractivity contribution is 1.53. The van der Waals surface area contributed by atoms with Gasteiger partial charge in [-0.3, -0.25) is 0 Å². The van der Waals surface area contributed by atoms with Gasteiger partial charge in [-0.1, -0.05) is 29.3 Å². The Morgan fingerprint density at radius 1 is 1.31 bits per heavy atom. The first-order valence-electron chi connectivity index (χ1n) is 3.64. The van der Waals surface area contributed by atoms with Crippen LogP contribution in [-0.2, 0) is 0 Å². The van der Waals surface area contributed by atoms with Crippen molar-refractivity contribution in [3.8, 4) is 0 Å². The van der Waals surface area contributed by atoms with E-state index >= 15 is 0 Å². The molecular formula is C9H6Cl2S2. The van der Waals surface area contributed by atoms with E-state index in [1.807, 2.05) is 18.4 Å². The summed E-state index contributed by atoms with van der Waals surface area (Å²) in [5.41, 5.74) is 0. The van der Waals surface area contributed by atoms with E-state index in [9.17, 15) is 0 Å². The van der Waals surface area contributed by atoms with Crippen LogP contribution in [0.3, 0.4) is 0 Å². The maximum atomic E-state index is 6.19. The zero-order chi connectivity index (χ0) is 9.42. The smallest absolute Gasteiger partial charge is 0.0941 e. The van der Waals surface area contributed by atoms with Crippen LogP contribution in [0.1, 0.15) is 0 Å². The minimum absolute atomic E-state index is 0.787. The second-order valence-electron chi connectivity index (χ2n) is 2.55. The predicted octanol–water partition coefficient (Wildman–Crippen LogP) is 4.93. The van der Waals surface area contributed by atoms with Crippen molar-refractivity contribution in [3.05, 3.63) is 27.6 Å². The zero-order valence-electron chi connectivity index (χ0n) is 6.80. The highest BCUT2D eigenvalue weighted by Gasteiger charge is 2.07. The number of rotatable bonds is 1. The molecule has 0 fully saturated rings. The number of fused-ring (bicyclic) bond motifs is 1. The molecule has 68 valence electrons. The van der Waals surface area contributed by atoms with Crippen molar-refractivity contribution in [2.75, 3.05) is 6.26 Å². The summed E-state index contributed by atoms with van der Waals surface area (Å²) in [6.07, 6.45) is 2.02. The van der Waals surface area contributed by atoms with Gasteiger partial charge in [-0.15, -0.1) is 23.1 Å². The van der Waals surface area contributed by atoms with Crippen LogP contribution in [0.4, 0.5) is 0 Å². The molecule has 1 aromatic carbocycles. The molecule has 0 amide bonds. The first-order valence-corrected chi connectivity index (χ1v) is 6.43. The molecule has 0 spiro atoms. The highest BCUT2D eigenvalue weighted by Crippen LogP contribution is 2.39. The number of thiophene rings is 1. The molecule has 4 heteroatoms. The van der Waals surface area contributed by atoms with Crippen molar-refractivity contribution in [1.82, 2.24) is 0 Å². The normalized spacial score (nSPS) is 11.0. The maximum Gasteiger partial charge on any atom is 0.0941 e. The Morgan fingerprint density at radius 3 is 2.77 bits per heavy atom. The van der Waals surface area contributed by atoms with E-state index in [0.717, 1.165) is 24.3 Å². The standard InChI is InChI=1S/C9H6Cl2S2/c1-12-6-3-2-5-4-7(10)13-9(5)8(6)11/h2-4H,1H3. The van der Waals surface area contributed by atoms with Gasteiger partial charge in [0.05, 0.1) is 14.1 Å². The molecule has 0 aliphatic rings. The van der Waals surface area contributed by atoms with Crippen LogP contribution in [0.25, 0.3) is 10.1 Å². The topological polar surface area (TPSA) is 0 Å². The number of benzene rings is 1. The van der Waals surface area contributed by atoms with E-state index in [0.29, 0.717) is 0 Å². The quantitative estimate of drug-likeness (QED) is 0.646. The van der Waals surface area contributed by atoms with E-state index < -0.39 is 0 Å². The highest BCUT2D eigenvalue weighted by molar-refractivity contribution is 7.98. The molecular weight excluding hydrogens is 243 g/mol. The van der Waals surface area contributed by atoms with Crippen LogP contribution in [-0.4, -0.2) is 6.26 Å². The second-order valence-corrected chi connectivity index (χ2v) is 5.46. The molecule has 0 aliphatic carbocycles. The number of thioether (sulfide) groups is 1. The van der Waals surface area contributed by atoms with E-state index in [-0.39, 0.29) is 0 Å². The van der Waals surface area contributed by atoms with Crippen molar-refractivity contribution < 1.29 is 0 Å². The summed E-state index contributed by atoms with van der Waals surface area (Å²) >= 11 is 15.3. The second kappa shape index (κ2) is 3.70. The third-order valence-electron chi connectivity index (χ3n) is 1.78. The molecule has 0 aliphatic heterocycles. The molecule has 0 bridgehead atoms. The number of hydrogen-bond donors (Lipinski definition) is 0. The van der Waals surface area contributed by atoms with E-state index in [2.05, 4.69) is 6.07 Å². The summed E-state index contributed by atoms with van der Waals surface area (Å²) in [7, 11) is 0. The van der Waals surface area contributed by atoms with E-state index in [1.54, 1.807) is 11.8 Å². The van der Waals surface area contributed by atoms with Gasteiger partial charge >= 0.3 is 0 Å². The Bertz CT molecular complexity index is 448. The summed E-state index contributed by atoms with van der Waals surface area (Å²) in [4.78, 5) is 1.10. The maximum absolute atomic E-state index is 6.19. The Balaban J connectivity index is 2.78. The average Bonchev–Trinajstić information content (AvgIpc) is 2.47. The largest absolute Gasteiger partial charge is 0.128 e. The molecule has 0 saturated carbocycles. The molecule has 0 unspecified atom stereocenters. The van der Waals surface area contributed by atoms with Gasteiger partial charge in [-0.2, -0.15) is 0 Å². The van der Waals surface area contributed by atoms with Crippen LogP contribution >= 0.6 is 46.3 Å². The SMILES string of the molecule is CSc1ccc2cc(Cl)sc2c1Cl. The fraction of sp³-hybridized carbons (Fsp3) is 0.111. The van der Waals surface area contributed by atoms with Crippen LogP contribution in [0.5, 0.6) is 0 Å².